The number of rotatable bonds is 14. The first kappa shape index (κ1) is 37.1. The molecular formula is C33H40F6N4O4S. The van der Waals surface area contributed by atoms with Gasteiger partial charge in [0.05, 0.1) is 42.4 Å². The number of sulfone groups is 1. The van der Waals surface area contributed by atoms with E-state index in [0.29, 0.717) is 35.9 Å². The average molecular weight is 703 g/mol. The van der Waals surface area contributed by atoms with Crippen LogP contribution in [-0.2, 0) is 28.7 Å². The van der Waals surface area contributed by atoms with Crippen molar-refractivity contribution >= 4 is 21.5 Å². The number of halogens is 6. The van der Waals surface area contributed by atoms with E-state index < -0.39 is 39.4 Å². The van der Waals surface area contributed by atoms with Gasteiger partial charge >= 0.3 is 12.4 Å². The molecule has 1 aromatic heterocycles. The molecule has 1 atom stereocenters. The van der Waals surface area contributed by atoms with Gasteiger partial charge in [0.2, 0.25) is 5.95 Å². The van der Waals surface area contributed by atoms with E-state index >= 15 is 0 Å². The van der Waals surface area contributed by atoms with Crippen molar-refractivity contribution < 1.29 is 44.2 Å². The van der Waals surface area contributed by atoms with Crippen molar-refractivity contribution in [2.75, 3.05) is 48.6 Å². The Bertz CT molecular complexity index is 1600. The number of nitrogens with zero attached hydrogens (tertiary/aromatic N) is 4. The number of alkyl halides is 6. The van der Waals surface area contributed by atoms with Crippen LogP contribution >= 0.6 is 0 Å². The van der Waals surface area contributed by atoms with Crippen LogP contribution < -0.4 is 19.3 Å². The molecule has 0 N–H and O–H groups in total. The quantitative estimate of drug-likeness (QED) is 0.158. The van der Waals surface area contributed by atoms with E-state index in [1.807, 2.05) is 19.1 Å². The molecule has 15 heteroatoms. The maximum atomic E-state index is 13.8. The van der Waals surface area contributed by atoms with Gasteiger partial charge in [-0.05, 0) is 80.1 Å². The molecule has 0 spiro atoms. The molecule has 0 radical (unpaired) electrons. The maximum absolute atomic E-state index is 13.8. The molecule has 1 saturated carbocycles. The van der Waals surface area contributed by atoms with E-state index in [4.69, 9.17) is 9.47 Å². The smallest absolute Gasteiger partial charge is 0.416 e. The van der Waals surface area contributed by atoms with Crippen molar-refractivity contribution in [3.05, 3.63) is 71.0 Å². The molecule has 2 aromatic carbocycles. The fourth-order valence-electron chi connectivity index (χ4n) is 5.83. The summed E-state index contributed by atoms with van der Waals surface area (Å²) in [5, 5.41) is 0. The van der Waals surface area contributed by atoms with Crippen LogP contribution in [-0.4, -0.2) is 57.2 Å². The summed E-state index contributed by atoms with van der Waals surface area (Å²) in [6.07, 6.45) is -1.90. The number of anilines is 2. The summed E-state index contributed by atoms with van der Waals surface area (Å²) >= 11 is 0. The van der Waals surface area contributed by atoms with Crippen molar-refractivity contribution in [3.63, 3.8) is 0 Å². The molecule has 0 saturated heterocycles. The van der Waals surface area contributed by atoms with E-state index in [0.717, 1.165) is 44.2 Å². The molecule has 0 aliphatic heterocycles. The van der Waals surface area contributed by atoms with Gasteiger partial charge < -0.3 is 19.3 Å². The Morgan fingerprint density at radius 3 is 2.06 bits per heavy atom. The van der Waals surface area contributed by atoms with Gasteiger partial charge in [0.1, 0.15) is 12.4 Å². The first-order valence-corrected chi connectivity index (χ1v) is 17.6. The van der Waals surface area contributed by atoms with Crippen molar-refractivity contribution in [1.29, 1.82) is 0 Å². The Balaban J connectivity index is 1.80. The average Bonchev–Trinajstić information content (AvgIpc) is 3.54. The lowest BCUT2D eigenvalue weighted by atomic mass is 9.98. The Morgan fingerprint density at radius 1 is 0.938 bits per heavy atom. The van der Waals surface area contributed by atoms with Crippen LogP contribution in [0.3, 0.4) is 0 Å². The number of benzene rings is 2. The van der Waals surface area contributed by atoms with Gasteiger partial charge in [-0.3, -0.25) is 0 Å². The molecule has 1 heterocycles. The van der Waals surface area contributed by atoms with Crippen molar-refractivity contribution in [2.24, 2.45) is 5.92 Å². The molecule has 0 bridgehead atoms. The van der Waals surface area contributed by atoms with Crippen LogP contribution in [0.15, 0.2) is 48.8 Å². The largest absolute Gasteiger partial charge is 0.497 e. The van der Waals surface area contributed by atoms with Gasteiger partial charge in [0.25, 0.3) is 0 Å². The zero-order valence-electron chi connectivity index (χ0n) is 27.2. The van der Waals surface area contributed by atoms with Gasteiger partial charge in [-0.2, -0.15) is 26.3 Å². The lowest BCUT2D eigenvalue weighted by Gasteiger charge is -2.34. The van der Waals surface area contributed by atoms with E-state index in [1.165, 1.54) is 31.3 Å². The molecule has 1 unspecified atom stereocenters. The van der Waals surface area contributed by atoms with Crippen molar-refractivity contribution in [3.8, 4) is 11.5 Å². The maximum Gasteiger partial charge on any atom is 0.416 e. The van der Waals surface area contributed by atoms with Gasteiger partial charge in [-0.25, -0.2) is 18.4 Å². The van der Waals surface area contributed by atoms with Crippen LogP contribution in [0.1, 0.15) is 67.8 Å². The first-order valence-electron chi connectivity index (χ1n) is 15.6. The SMILES string of the molecule is CCN(CC1CCCC1)c1ccc(OC)cc1CN(c1ncc(OCCS(C)(=O)=O)cn1)C(C)c1cc(C(F)(F)F)cc(C(F)(F)F)c1. The molecule has 8 nitrogen and oxygen atoms in total. The highest BCUT2D eigenvalue weighted by molar-refractivity contribution is 7.90. The predicted molar refractivity (Wildman–Crippen MR) is 171 cm³/mol. The molecule has 3 aromatic rings. The molecule has 48 heavy (non-hydrogen) atoms. The highest BCUT2D eigenvalue weighted by Crippen LogP contribution is 2.40. The summed E-state index contributed by atoms with van der Waals surface area (Å²) in [5.74, 6) is 0.926. The lowest BCUT2D eigenvalue weighted by molar-refractivity contribution is -0.143. The third-order valence-electron chi connectivity index (χ3n) is 8.46. The third kappa shape index (κ3) is 9.89. The highest BCUT2D eigenvalue weighted by atomic mass is 32.2. The van der Waals surface area contributed by atoms with Crippen LogP contribution in [0.5, 0.6) is 11.5 Å². The van der Waals surface area contributed by atoms with Crippen LogP contribution in [0.2, 0.25) is 0 Å². The third-order valence-corrected chi connectivity index (χ3v) is 9.37. The van der Waals surface area contributed by atoms with Crippen LogP contribution in [0.25, 0.3) is 0 Å². The summed E-state index contributed by atoms with van der Waals surface area (Å²) in [4.78, 5) is 12.4. The Hall–Kier alpha value is -3.75. The zero-order valence-corrected chi connectivity index (χ0v) is 28.1. The highest BCUT2D eigenvalue weighted by Gasteiger charge is 2.38. The van der Waals surface area contributed by atoms with E-state index in [-0.39, 0.29) is 42.2 Å². The van der Waals surface area contributed by atoms with Crippen LogP contribution in [0, 0.1) is 5.92 Å². The van der Waals surface area contributed by atoms with E-state index in [2.05, 4.69) is 14.9 Å². The van der Waals surface area contributed by atoms with E-state index in [9.17, 15) is 34.8 Å². The second-order valence-corrected chi connectivity index (χ2v) is 14.3. The molecule has 1 aliphatic rings. The van der Waals surface area contributed by atoms with Gasteiger partial charge in [-0.15, -0.1) is 0 Å². The molecule has 0 amide bonds. The van der Waals surface area contributed by atoms with Crippen LogP contribution in [0.4, 0.5) is 38.0 Å². The topological polar surface area (TPSA) is 84.9 Å². The molecule has 1 fully saturated rings. The Labute approximate surface area is 277 Å². The first-order chi connectivity index (χ1) is 22.5. The fraction of sp³-hybridized carbons (Fsp3) is 0.515. The zero-order chi connectivity index (χ0) is 35.3. The lowest BCUT2D eigenvalue weighted by Crippen LogP contribution is -2.32. The number of hydrogen-bond donors (Lipinski definition) is 0. The minimum Gasteiger partial charge on any atom is -0.497 e. The van der Waals surface area contributed by atoms with Crippen molar-refractivity contribution in [1.82, 2.24) is 9.97 Å². The minimum absolute atomic E-state index is 0.000740. The second-order valence-electron chi connectivity index (χ2n) is 12.0. The summed E-state index contributed by atoms with van der Waals surface area (Å²) in [7, 11) is -1.79. The second kappa shape index (κ2) is 15.2. The fourth-order valence-corrected chi connectivity index (χ4v) is 6.22. The van der Waals surface area contributed by atoms with E-state index in [1.54, 1.807) is 6.07 Å². The normalized spacial score (nSPS) is 15.0. The summed E-state index contributed by atoms with van der Waals surface area (Å²) in [5.41, 5.74) is -1.53. The molecule has 4 rings (SSSR count). The monoisotopic (exact) mass is 702 g/mol. The minimum atomic E-state index is -5.02. The molecule has 1 aliphatic carbocycles. The van der Waals surface area contributed by atoms with Gasteiger partial charge in [0, 0.05) is 31.6 Å². The standard InChI is InChI=1S/C33H40F6N4O4S/c1-5-42(20-23-8-6-7-9-23)30-11-10-28(46-3)16-25(30)21-43(31-40-18-29(19-41-31)47-12-13-48(4,44)45)22(2)24-14-26(32(34,35)36)17-27(15-24)33(37,38)39/h10-11,14-19,22-23H,5-9,12-13,20-21H2,1-4H3. The van der Waals surface area contributed by atoms with Gasteiger partial charge in [0.15, 0.2) is 15.6 Å². The predicted octanol–water partition coefficient (Wildman–Crippen LogP) is 7.73. The van der Waals surface area contributed by atoms with Gasteiger partial charge in [-0.1, -0.05) is 12.8 Å². The Morgan fingerprint density at radius 2 is 1.54 bits per heavy atom. The summed E-state index contributed by atoms with van der Waals surface area (Å²) < 4.78 is 117. The summed E-state index contributed by atoms with van der Waals surface area (Å²) in [6.45, 7) is 4.82. The number of hydrogen-bond acceptors (Lipinski definition) is 8. The number of ether oxygens (including phenoxy) is 2. The number of methoxy groups -OCH3 is 1. The molecular weight excluding hydrogens is 662 g/mol. The van der Waals surface area contributed by atoms with Crippen molar-refractivity contribution in [2.45, 2.75) is 64.5 Å². The Kier molecular flexibility index (Phi) is 11.7. The summed E-state index contributed by atoms with van der Waals surface area (Å²) in [6, 6.07) is 5.95. The molecule has 264 valence electrons. The number of aromatic nitrogens is 2.